The second kappa shape index (κ2) is 14.4. The van der Waals surface area contributed by atoms with Gasteiger partial charge >= 0.3 is 0 Å². The monoisotopic (exact) mass is 798 g/mol. The molecule has 0 spiro atoms. The minimum atomic E-state index is 0.0146. The van der Waals surface area contributed by atoms with E-state index in [0.717, 1.165) is 81.4 Å². The summed E-state index contributed by atoms with van der Waals surface area (Å²) in [6.45, 7) is 0. The molecule has 12 rings (SSSR count). The molecule has 2 aromatic heterocycles. The zero-order valence-corrected chi connectivity index (χ0v) is 34.6. The van der Waals surface area contributed by atoms with E-state index in [4.69, 9.17) is 93.4 Å². The lowest BCUT2D eigenvalue weighted by Gasteiger charge is -2.23. The first kappa shape index (κ1) is 39.8. The molecule has 274 valence electrons. The summed E-state index contributed by atoms with van der Waals surface area (Å²) in [5, 5.41) is 13.1. The zero-order valence-electron chi connectivity index (χ0n) is 34.6. The van der Waals surface area contributed by atoms with E-state index >= 15 is 0 Å². The fraction of sp³-hybridized carbons (Fsp3) is 0. The lowest BCUT2D eigenvalue weighted by Crippen LogP contribution is -2.55. The Hall–Kier alpha value is -6.78. The maximum Gasteiger partial charge on any atom is 0.166 e. The number of benzene rings is 10. The Bertz CT molecular complexity index is 3860. The Morgan fingerprint density at radius 1 is 0.292 bits per heavy atom. The Labute approximate surface area is 387 Å². The van der Waals surface area contributed by atoms with E-state index < -0.39 is 0 Å². The van der Waals surface area contributed by atoms with Crippen LogP contribution in [0.25, 0.3) is 116 Å². The molecule has 0 saturated heterocycles. The van der Waals surface area contributed by atoms with E-state index in [-0.39, 0.29) is 83.2 Å². The molecule has 0 saturated carbocycles. The van der Waals surface area contributed by atoms with Gasteiger partial charge in [0, 0.05) is 27.5 Å². The molecule has 0 N–H and O–H groups in total. The average molecular weight is 797 g/mol. The minimum Gasteiger partial charge on any atom is -0.308 e. The van der Waals surface area contributed by atoms with Crippen molar-refractivity contribution >= 4 is 209 Å². The molecule has 10 aromatic carbocycles. The van der Waals surface area contributed by atoms with Crippen molar-refractivity contribution < 1.29 is 0 Å². The quantitative estimate of drug-likeness (QED) is 0.198. The van der Waals surface area contributed by atoms with Crippen molar-refractivity contribution in [1.29, 1.82) is 0 Å². The first-order valence-electron chi connectivity index (χ1n) is 20.8. The molecule has 0 atom stereocenters. The van der Waals surface area contributed by atoms with Crippen LogP contribution >= 0.6 is 0 Å². The highest BCUT2D eigenvalue weighted by atomic mass is 15.1. The SMILES string of the molecule is [B]c1c([B])c([B])c(-c2nc(-c3cc4c5ccccc5c5ccccc5c4cc3-n3c4cccc5c6ccccc6c6cccc3c6c54)nc(-c3c([B])c([B])c([B])c([B])c3[B])n2)c([B])c1[B]. The normalized spacial score (nSPS) is 12.0. The smallest absolute Gasteiger partial charge is 0.166 e. The summed E-state index contributed by atoms with van der Waals surface area (Å²) in [4.78, 5) is 15.3. The van der Waals surface area contributed by atoms with Crippen molar-refractivity contribution in [2.75, 3.05) is 0 Å². The molecule has 0 aliphatic carbocycles. The Morgan fingerprint density at radius 3 is 1.00 bits per heavy atom. The van der Waals surface area contributed by atoms with Crippen molar-refractivity contribution in [3.8, 4) is 39.9 Å². The van der Waals surface area contributed by atoms with Gasteiger partial charge in [-0.05, 0) is 78.1 Å². The summed E-state index contributed by atoms with van der Waals surface area (Å²) in [7, 11) is 65.3. The van der Waals surface area contributed by atoms with E-state index in [9.17, 15) is 0 Å². The van der Waals surface area contributed by atoms with Crippen LogP contribution in [0.5, 0.6) is 0 Å². The van der Waals surface area contributed by atoms with Gasteiger partial charge in [0.05, 0.1) is 16.7 Å². The van der Waals surface area contributed by atoms with Crippen molar-refractivity contribution in [2.45, 2.75) is 0 Å². The number of rotatable bonds is 4. The van der Waals surface area contributed by atoms with Gasteiger partial charge in [0.15, 0.2) is 17.5 Å². The van der Waals surface area contributed by atoms with Gasteiger partial charge in [0.1, 0.15) is 78.5 Å². The van der Waals surface area contributed by atoms with Crippen LogP contribution in [0, 0.1) is 0 Å². The molecule has 0 aliphatic rings. The number of nitrogens with zero attached hydrogens (tertiary/aromatic N) is 4. The maximum absolute atomic E-state index is 6.73. The van der Waals surface area contributed by atoms with Crippen LogP contribution in [0.1, 0.15) is 0 Å². The van der Waals surface area contributed by atoms with Crippen molar-refractivity contribution in [3.05, 3.63) is 121 Å². The summed E-state index contributed by atoms with van der Waals surface area (Å²) in [6.07, 6.45) is 0. The van der Waals surface area contributed by atoms with Crippen molar-refractivity contribution in [3.63, 3.8) is 0 Å². The topological polar surface area (TPSA) is 43.6 Å². The Kier molecular flexibility index (Phi) is 8.79. The first-order valence-corrected chi connectivity index (χ1v) is 20.8. The number of hydrogen-bond acceptors (Lipinski definition) is 3. The molecular weight excluding hydrogens is 777 g/mol. The van der Waals surface area contributed by atoms with Gasteiger partial charge < -0.3 is 4.57 Å². The number of hydrogen-bond donors (Lipinski definition) is 0. The molecule has 0 unspecified atom stereocenters. The van der Waals surface area contributed by atoms with Gasteiger partial charge in [-0.1, -0.05) is 119 Å². The minimum absolute atomic E-state index is 0.0146. The highest BCUT2D eigenvalue weighted by molar-refractivity contribution is 6.70. The van der Waals surface area contributed by atoms with Crippen molar-refractivity contribution in [1.82, 2.24) is 19.5 Å². The maximum atomic E-state index is 6.73. The molecule has 0 aliphatic heterocycles. The van der Waals surface area contributed by atoms with E-state index in [1.54, 1.807) is 0 Å². The Morgan fingerprint density at radius 2 is 0.600 bits per heavy atom. The molecule has 4 nitrogen and oxygen atoms in total. The molecule has 12 aromatic rings. The van der Waals surface area contributed by atoms with Gasteiger partial charge in [0.25, 0.3) is 0 Å². The largest absolute Gasteiger partial charge is 0.308 e. The summed E-state index contributed by atoms with van der Waals surface area (Å²) in [5.74, 6) is 0.238. The summed E-state index contributed by atoms with van der Waals surface area (Å²) >= 11 is 0. The molecule has 65 heavy (non-hydrogen) atoms. The van der Waals surface area contributed by atoms with E-state index in [1.807, 2.05) is 12.1 Å². The molecule has 0 amide bonds. The average Bonchev–Trinajstić information content (AvgIpc) is 3.68. The predicted molar refractivity (Wildman–Crippen MR) is 283 cm³/mol. The zero-order chi connectivity index (χ0) is 44.7. The third-order valence-corrected chi connectivity index (χ3v) is 13.1. The van der Waals surface area contributed by atoms with Crippen molar-refractivity contribution in [2.24, 2.45) is 0 Å². The van der Waals surface area contributed by atoms with Crippen LogP contribution in [0.2, 0.25) is 0 Å². The lowest BCUT2D eigenvalue weighted by atomic mass is 9.60. The van der Waals surface area contributed by atoms with Crippen LogP contribution in [0.4, 0.5) is 0 Å². The third kappa shape index (κ3) is 5.49. The molecular formula is C51H20B10N4. The summed E-state index contributed by atoms with van der Waals surface area (Å²) in [5.41, 5.74) is 3.86. The molecule has 20 radical (unpaired) electrons. The second-order valence-corrected chi connectivity index (χ2v) is 16.5. The fourth-order valence-electron chi connectivity index (χ4n) is 9.97. The van der Waals surface area contributed by atoms with E-state index in [1.165, 1.54) is 0 Å². The van der Waals surface area contributed by atoms with Crippen LogP contribution < -0.4 is 54.6 Å². The highest BCUT2D eigenvalue weighted by Gasteiger charge is 2.26. The summed E-state index contributed by atoms with van der Waals surface area (Å²) < 4.78 is 2.29. The molecule has 2 heterocycles. The third-order valence-electron chi connectivity index (χ3n) is 13.1. The van der Waals surface area contributed by atoms with Gasteiger partial charge in [-0.15, -0.1) is 32.8 Å². The second-order valence-electron chi connectivity index (χ2n) is 16.5. The Balaban J connectivity index is 1.30. The number of fused-ring (bicyclic) bond motifs is 9. The molecule has 0 bridgehead atoms. The van der Waals surface area contributed by atoms with Gasteiger partial charge in [0.2, 0.25) is 0 Å². The highest BCUT2D eigenvalue weighted by Crippen LogP contribution is 2.46. The number of aromatic nitrogens is 4. The fourth-order valence-corrected chi connectivity index (χ4v) is 9.97. The van der Waals surface area contributed by atoms with Gasteiger partial charge in [-0.2, -0.15) is 0 Å². The molecule has 0 fully saturated rings. The lowest BCUT2D eigenvalue weighted by molar-refractivity contribution is 1.07. The first-order chi connectivity index (χ1) is 31.4. The van der Waals surface area contributed by atoms with E-state index in [2.05, 4.69) is 114 Å². The van der Waals surface area contributed by atoms with E-state index in [0.29, 0.717) is 5.56 Å². The van der Waals surface area contributed by atoms with Crippen LogP contribution in [-0.2, 0) is 0 Å². The standard InChI is InChI=1S/C51H20B10N4/c52-39-37(40(53)44(57)47(60)43(39)56)50-62-49(63-51(64-50)38-41(54)45(58)48(61)46(59)42(38)55)31-19-29-25-13-5-1-9-21(25)22-10-2-6-14-26(22)30(29)20-34(31)65-32-17-7-15-27-23-11-3-4-12-24(23)28-16-8-18-33(65)36(28)35(27)32/h1-20H. The summed E-state index contributed by atoms with van der Waals surface area (Å²) in [6, 6.07) is 42.5. The van der Waals surface area contributed by atoms with Gasteiger partial charge in [-0.25, -0.2) is 15.0 Å². The van der Waals surface area contributed by atoms with Crippen LogP contribution in [0.15, 0.2) is 121 Å². The predicted octanol–water partition coefficient (Wildman–Crippen LogP) is 1.11. The molecule has 14 heteroatoms. The van der Waals surface area contributed by atoms with Crippen LogP contribution in [-0.4, -0.2) is 98.0 Å². The van der Waals surface area contributed by atoms with Crippen LogP contribution in [0.3, 0.4) is 0 Å². The van der Waals surface area contributed by atoms with Gasteiger partial charge in [-0.3, -0.25) is 0 Å².